The van der Waals surface area contributed by atoms with Gasteiger partial charge in [-0.05, 0) is 47.8 Å². The number of hydrogen-bond acceptors (Lipinski definition) is 9. The second-order valence-corrected chi connectivity index (χ2v) is 11.0. The molecule has 1 aromatic carbocycles. The first kappa shape index (κ1) is 34.9. The molecule has 10 nitrogen and oxygen atoms in total. The van der Waals surface area contributed by atoms with Crippen molar-refractivity contribution >= 4 is 24.1 Å². The number of carboxylic acid groups (broad SMARTS) is 1. The summed E-state index contributed by atoms with van der Waals surface area (Å²) in [5, 5.41) is 9.72. The molecule has 10 heteroatoms. The van der Waals surface area contributed by atoms with E-state index in [0.717, 1.165) is 12.8 Å². The predicted molar refractivity (Wildman–Crippen MR) is 150 cm³/mol. The van der Waals surface area contributed by atoms with E-state index in [9.17, 15) is 24.3 Å². The van der Waals surface area contributed by atoms with E-state index in [-0.39, 0.29) is 49.4 Å². The van der Waals surface area contributed by atoms with Crippen LogP contribution in [0.2, 0.25) is 0 Å². The number of carboxylic acids is 1. The molecule has 0 heterocycles. The molecule has 0 aromatic heterocycles. The van der Waals surface area contributed by atoms with Crippen molar-refractivity contribution in [3.63, 3.8) is 0 Å². The van der Waals surface area contributed by atoms with Crippen molar-refractivity contribution in [3.8, 4) is 11.5 Å². The molecule has 0 aliphatic heterocycles. The van der Waals surface area contributed by atoms with Crippen LogP contribution in [0.1, 0.15) is 92.1 Å². The Bertz CT molecular complexity index is 978. The number of benzene rings is 1. The first-order valence-corrected chi connectivity index (χ1v) is 14.1. The van der Waals surface area contributed by atoms with E-state index in [1.54, 1.807) is 13.0 Å². The van der Waals surface area contributed by atoms with Gasteiger partial charge in [0.25, 0.3) is 0 Å². The molecule has 0 spiro atoms. The minimum Gasteiger partial charge on any atom is -0.480 e. The molecule has 0 saturated carbocycles. The summed E-state index contributed by atoms with van der Waals surface area (Å²) in [4.78, 5) is 49.1. The van der Waals surface area contributed by atoms with Gasteiger partial charge in [0.05, 0.1) is 13.2 Å². The van der Waals surface area contributed by atoms with Gasteiger partial charge >= 0.3 is 24.1 Å². The van der Waals surface area contributed by atoms with E-state index in [4.69, 9.17) is 24.7 Å². The topological polar surface area (TPSA) is 151 Å². The summed E-state index contributed by atoms with van der Waals surface area (Å²) in [6.07, 6.45) is 1.75. The Labute approximate surface area is 237 Å². The normalized spacial score (nSPS) is 14.9. The molecule has 1 aromatic rings. The van der Waals surface area contributed by atoms with Crippen molar-refractivity contribution in [1.82, 2.24) is 0 Å². The molecule has 0 aliphatic carbocycles. The Morgan fingerprint density at radius 2 is 1.40 bits per heavy atom. The molecule has 226 valence electrons. The van der Waals surface area contributed by atoms with Gasteiger partial charge in [0.15, 0.2) is 11.5 Å². The van der Waals surface area contributed by atoms with E-state index in [1.165, 1.54) is 12.1 Å². The highest BCUT2D eigenvalue weighted by Crippen LogP contribution is 2.36. The second-order valence-electron chi connectivity index (χ2n) is 11.0. The SMILES string of the molecule is CCC(C)CC(=O)Oc1ccc(C(C(C)COC(=O)OCCC(C)C)[C@H](N)C(=O)O)cc1OC(=O)CC(C)CC. The number of rotatable bonds is 17. The molecular weight excluding hydrogens is 518 g/mol. The van der Waals surface area contributed by atoms with Crippen LogP contribution in [0.4, 0.5) is 4.79 Å². The van der Waals surface area contributed by atoms with E-state index >= 15 is 0 Å². The van der Waals surface area contributed by atoms with Crippen LogP contribution in [-0.2, 0) is 23.9 Å². The standard InChI is InChI=1S/C30H47NO9/c1-8-19(5)14-25(32)39-23-11-10-22(16-24(23)40-26(33)15-20(6)9-2)27(28(31)29(34)35)21(7)17-38-30(36)37-13-12-18(3)4/h10-11,16,18-21,27-28H,8-9,12-15,17,31H2,1-7H3,(H,34,35)/t19?,20?,21?,27?,28-/m0/s1. The number of carbonyl (C=O) groups is 4. The summed E-state index contributed by atoms with van der Waals surface area (Å²) in [6.45, 7) is 13.5. The van der Waals surface area contributed by atoms with Gasteiger partial charge in [-0.15, -0.1) is 0 Å². The van der Waals surface area contributed by atoms with Gasteiger partial charge in [0.2, 0.25) is 0 Å². The zero-order chi connectivity index (χ0) is 30.4. The van der Waals surface area contributed by atoms with Crippen molar-refractivity contribution in [3.05, 3.63) is 23.8 Å². The second kappa shape index (κ2) is 17.5. The van der Waals surface area contributed by atoms with Gasteiger partial charge in [-0.3, -0.25) is 14.4 Å². The highest BCUT2D eigenvalue weighted by molar-refractivity contribution is 5.77. The molecule has 0 fully saturated rings. The number of carbonyl (C=O) groups excluding carboxylic acids is 3. The van der Waals surface area contributed by atoms with Crippen LogP contribution in [0.25, 0.3) is 0 Å². The lowest BCUT2D eigenvalue weighted by atomic mass is 9.82. The van der Waals surface area contributed by atoms with Crippen LogP contribution >= 0.6 is 0 Å². The molecule has 0 aliphatic rings. The zero-order valence-electron chi connectivity index (χ0n) is 24.9. The van der Waals surface area contributed by atoms with E-state index < -0.39 is 41.9 Å². The summed E-state index contributed by atoms with van der Waals surface area (Å²) >= 11 is 0. The Morgan fingerprint density at radius 1 is 0.850 bits per heavy atom. The monoisotopic (exact) mass is 565 g/mol. The zero-order valence-corrected chi connectivity index (χ0v) is 24.9. The number of esters is 2. The Morgan fingerprint density at radius 3 is 1.90 bits per heavy atom. The molecule has 5 atom stereocenters. The summed E-state index contributed by atoms with van der Waals surface area (Å²) in [6, 6.07) is 3.14. The van der Waals surface area contributed by atoms with E-state index in [2.05, 4.69) is 0 Å². The third kappa shape index (κ3) is 12.4. The number of aliphatic carboxylic acids is 1. The van der Waals surface area contributed by atoms with Gasteiger partial charge in [-0.25, -0.2) is 4.79 Å². The summed E-state index contributed by atoms with van der Waals surface area (Å²) in [5.41, 5.74) is 6.50. The lowest BCUT2D eigenvalue weighted by Gasteiger charge is -2.28. The fraction of sp³-hybridized carbons (Fsp3) is 0.667. The van der Waals surface area contributed by atoms with Crippen molar-refractivity contribution in [2.24, 2.45) is 29.4 Å². The van der Waals surface area contributed by atoms with Gasteiger partial charge in [0.1, 0.15) is 6.04 Å². The Balaban J connectivity index is 3.27. The number of ether oxygens (including phenoxy) is 4. The maximum Gasteiger partial charge on any atom is 0.508 e. The molecule has 40 heavy (non-hydrogen) atoms. The largest absolute Gasteiger partial charge is 0.508 e. The van der Waals surface area contributed by atoms with Crippen molar-refractivity contribution in [2.45, 2.75) is 92.5 Å². The molecule has 1 rings (SSSR count). The lowest BCUT2D eigenvalue weighted by molar-refractivity contribution is -0.139. The van der Waals surface area contributed by atoms with Gasteiger partial charge in [-0.2, -0.15) is 0 Å². The first-order chi connectivity index (χ1) is 18.8. The maximum atomic E-state index is 12.7. The fourth-order valence-corrected chi connectivity index (χ4v) is 3.85. The van der Waals surface area contributed by atoms with Gasteiger partial charge in [0, 0.05) is 18.8 Å². The molecule has 3 N–H and O–H groups in total. The molecule has 4 unspecified atom stereocenters. The summed E-state index contributed by atoms with van der Waals surface area (Å²) < 4.78 is 21.5. The summed E-state index contributed by atoms with van der Waals surface area (Å²) in [5.74, 6) is -3.03. The molecular formula is C30H47NO9. The van der Waals surface area contributed by atoms with Crippen molar-refractivity contribution < 1.29 is 43.2 Å². The number of nitrogens with two attached hydrogens (primary N) is 1. The van der Waals surface area contributed by atoms with E-state index in [0.29, 0.717) is 17.9 Å². The van der Waals surface area contributed by atoms with Crippen molar-refractivity contribution in [2.75, 3.05) is 13.2 Å². The minimum absolute atomic E-state index is 0.00731. The highest BCUT2D eigenvalue weighted by Gasteiger charge is 2.33. The molecule has 0 amide bonds. The first-order valence-electron chi connectivity index (χ1n) is 14.1. The maximum absolute atomic E-state index is 12.7. The minimum atomic E-state index is -1.36. The van der Waals surface area contributed by atoms with Crippen molar-refractivity contribution in [1.29, 1.82) is 0 Å². The van der Waals surface area contributed by atoms with Crippen LogP contribution in [0.15, 0.2) is 18.2 Å². The van der Waals surface area contributed by atoms with Gasteiger partial charge < -0.3 is 29.8 Å². The van der Waals surface area contributed by atoms with E-state index in [1.807, 2.05) is 41.5 Å². The Kier molecular flexibility index (Phi) is 15.3. The molecule has 0 bridgehead atoms. The average Bonchev–Trinajstić information content (AvgIpc) is 2.88. The Hall–Kier alpha value is -3.14. The lowest BCUT2D eigenvalue weighted by Crippen LogP contribution is -2.40. The predicted octanol–water partition coefficient (Wildman–Crippen LogP) is 5.70. The highest BCUT2D eigenvalue weighted by atomic mass is 16.7. The van der Waals surface area contributed by atoms with Gasteiger partial charge in [-0.1, -0.05) is 67.4 Å². The van der Waals surface area contributed by atoms with Crippen LogP contribution in [-0.4, -0.2) is 48.4 Å². The van der Waals surface area contributed by atoms with Crippen LogP contribution in [0.5, 0.6) is 11.5 Å². The summed E-state index contributed by atoms with van der Waals surface area (Å²) in [7, 11) is 0. The van der Waals surface area contributed by atoms with Crippen LogP contribution in [0.3, 0.4) is 0 Å². The third-order valence-corrected chi connectivity index (χ3v) is 6.89. The van der Waals surface area contributed by atoms with Crippen LogP contribution in [0, 0.1) is 23.7 Å². The molecule has 0 saturated heterocycles. The average molecular weight is 566 g/mol. The number of hydrogen-bond donors (Lipinski definition) is 2. The third-order valence-electron chi connectivity index (χ3n) is 6.89. The smallest absolute Gasteiger partial charge is 0.480 e. The van der Waals surface area contributed by atoms with Crippen LogP contribution < -0.4 is 15.2 Å². The molecule has 0 radical (unpaired) electrons. The fourth-order valence-electron chi connectivity index (χ4n) is 3.85. The quantitative estimate of drug-likeness (QED) is 0.178.